The van der Waals surface area contributed by atoms with E-state index in [-0.39, 0.29) is 0 Å². The van der Waals surface area contributed by atoms with Crippen LogP contribution in [-0.2, 0) is 0 Å². The Bertz CT molecular complexity index is 147. The molecule has 0 N–H and O–H groups in total. The first-order valence-corrected chi connectivity index (χ1v) is 11.5. The minimum Gasteiger partial charge on any atom is -0.167 e. The lowest BCUT2D eigenvalue weighted by Gasteiger charge is -2.24. The summed E-state index contributed by atoms with van der Waals surface area (Å²) in [5, 5.41) is 0. The third-order valence-electron chi connectivity index (χ3n) is 3.65. The first-order valence-electron chi connectivity index (χ1n) is 7.87. The monoisotopic (exact) mass is 276 g/mol. The smallest absolute Gasteiger partial charge is 0.156 e. The number of unbranched alkanes of at least 4 members (excludes halogenated alkanes) is 6. The summed E-state index contributed by atoms with van der Waals surface area (Å²) in [6.07, 6.45) is 12.3. The maximum Gasteiger partial charge on any atom is 0.156 e. The van der Waals surface area contributed by atoms with Gasteiger partial charge in [-0.15, -0.1) is 0 Å². The van der Waals surface area contributed by atoms with Crippen LogP contribution in [-0.4, -0.2) is 7.38 Å². The highest BCUT2D eigenvalue weighted by atomic mass is 35.6. The van der Waals surface area contributed by atoms with Crippen molar-refractivity contribution in [2.24, 2.45) is 0 Å². The van der Waals surface area contributed by atoms with Gasteiger partial charge in [-0.1, -0.05) is 78.6 Å². The van der Waals surface area contributed by atoms with Gasteiger partial charge in [-0.05, 0) is 18.1 Å². The molecule has 0 aromatic carbocycles. The molecule has 104 valence electrons. The van der Waals surface area contributed by atoms with Gasteiger partial charge in [-0.25, -0.2) is 0 Å². The van der Waals surface area contributed by atoms with E-state index < -0.39 is 7.38 Å². The Kier molecular flexibility index (Phi) is 11.9. The van der Waals surface area contributed by atoms with Crippen LogP contribution in [0.15, 0.2) is 0 Å². The van der Waals surface area contributed by atoms with Crippen molar-refractivity contribution in [3.63, 3.8) is 0 Å². The van der Waals surface area contributed by atoms with E-state index in [9.17, 15) is 0 Å². The summed E-state index contributed by atoms with van der Waals surface area (Å²) in [6.45, 7) is 6.85. The van der Waals surface area contributed by atoms with Crippen LogP contribution in [0.3, 0.4) is 0 Å². The maximum absolute atomic E-state index is 6.94. The van der Waals surface area contributed by atoms with Crippen LogP contribution in [0.1, 0.15) is 78.6 Å². The molecule has 0 aliphatic carbocycles. The fraction of sp³-hybridized carbons (Fsp3) is 1.00. The molecule has 0 spiro atoms. The summed E-state index contributed by atoms with van der Waals surface area (Å²) in [5.74, 6) is 0. The lowest BCUT2D eigenvalue weighted by Crippen LogP contribution is -2.26. The highest BCUT2D eigenvalue weighted by Gasteiger charge is 2.28. The van der Waals surface area contributed by atoms with Crippen LogP contribution in [0.25, 0.3) is 0 Å². The second kappa shape index (κ2) is 11.6. The standard InChI is InChI=1S/C15H33ClSi/c1-4-7-9-11-14-17(16,13-6-3)15-12-10-8-5-2/h4-15H2,1-3H3. The predicted octanol–water partition coefficient (Wildman–Crippen LogP) is 6.74. The second-order valence-corrected chi connectivity index (χ2v) is 11.7. The van der Waals surface area contributed by atoms with Crippen molar-refractivity contribution in [3.8, 4) is 0 Å². The Morgan fingerprint density at radius 2 is 1.06 bits per heavy atom. The van der Waals surface area contributed by atoms with Crippen molar-refractivity contribution >= 4 is 18.5 Å². The zero-order chi connectivity index (χ0) is 13.0. The van der Waals surface area contributed by atoms with Crippen molar-refractivity contribution < 1.29 is 0 Å². The Balaban J connectivity index is 3.80. The fourth-order valence-corrected chi connectivity index (χ4v) is 7.34. The van der Waals surface area contributed by atoms with E-state index in [0.29, 0.717) is 0 Å². The topological polar surface area (TPSA) is 0 Å². The first kappa shape index (κ1) is 17.5. The van der Waals surface area contributed by atoms with Crippen LogP contribution in [0, 0.1) is 0 Å². The minimum absolute atomic E-state index is 1.29. The Morgan fingerprint density at radius 3 is 1.41 bits per heavy atom. The molecule has 0 heterocycles. The molecule has 0 atom stereocenters. The van der Waals surface area contributed by atoms with Crippen molar-refractivity contribution in [2.75, 3.05) is 0 Å². The molecule has 0 unspecified atom stereocenters. The van der Waals surface area contributed by atoms with Gasteiger partial charge >= 0.3 is 0 Å². The second-order valence-electron chi connectivity index (χ2n) is 5.52. The first-order chi connectivity index (χ1) is 8.18. The van der Waals surface area contributed by atoms with E-state index in [2.05, 4.69) is 20.8 Å². The van der Waals surface area contributed by atoms with Crippen molar-refractivity contribution in [2.45, 2.75) is 96.7 Å². The summed E-state index contributed by atoms with van der Waals surface area (Å²) in [7, 11) is -1.38. The summed E-state index contributed by atoms with van der Waals surface area (Å²) in [4.78, 5) is 0. The van der Waals surface area contributed by atoms with E-state index in [1.165, 1.54) is 75.9 Å². The largest absolute Gasteiger partial charge is 0.167 e. The Morgan fingerprint density at radius 1 is 0.588 bits per heavy atom. The highest BCUT2D eigenvalue weighted by molar-refractivity contribution is 7.20. The van der Waals surface area contributed by atoms with Crippen molar-refractivity contribution in [1.29, 1.82) is 0 Å². The molecule has 2 heteroatoms. The molecular formula is C15H33ClSi. The molecule has 0 bridgehead atoms. The van der Waals surface area contributed by atoms with Gasteiger partial charge in [0.1, 0.15) is 0 Å². The van der Waals surface area contributed by atoms with E-state index in [1.807, 2.05) is 0 Å². The van der Waals surface area contributed by atoms with Gasteiger partial charge in [0.2, 0.25) is 0 Å². The Labute approximate surface area is 115 Å². The summed E-state index contributed by atoms with van der Waals surface area (Å²) in [5.41, 5.74) is 0. The van der Waals surface area contributed by atoms with Gasteiger partial charge in [0, 0.05) is 0 Å². The molecule has 0 nitrogen and oxygen atoms in total. The van der Waals surface area contributed by atoms with Crippen molar-refractivity contribution in [1.82, 2.24) is 0 Å². The van der Waals surface area contributed by atoms with Gasteiger partial charge < -0.3 is 0 Å². The SMILES string of the molecule is CCCCCC[Si](Cl)(CCC)CCCCCC. The molecule has 0 aromatic rings. The zero-order valence-electron chi connectivity index (χ0n) is 12.4. The lowest BCUT2D eigenvalue weighted by molar-refractivity contribution is 0.681. The summed E-state index contributed by atoms with van der Waals surface area (Å²) in [6, 6.07) is 4.08. The normalized spacial score (nSPS) is 12.0. The van der Waals surface area contributed by atoms with Crippen LogP contribution >= 0.6 is 11.1 Å². The highest BCUT2D eigenvalue weighted by Crippen LogP contribution is 2.31. The molecule has 0 rings (SSSR count). The molecular weight excluding hydrogens is 244 g/mol. The fourth-order valence-electron chi connectivity index (χ4n) is 2.56. The molecule has 0 radical (unpaired) electrons. The van der Waals surface area contributed by atoms with Crippen molar-refractivity contribution in [3.05, 3.63) is 0 Å². The average molecular weight is 277 g/mol. The zero-order valence-corrected chi connectivity index (χ0v) is 14.1. The van der Waals surface area contributed by atoms with Gasteiger partial charge in [-0.3, -0.25) is 0 Å². The molecule has 0 saturated carbocycles. The van der Waals surface area contributed by atoms with Gasteiger partial charge in [-0.2, -0.15) is 11.1 Å². The summed E-state index contributed by atoms with van der Waals surface area (Å²) < 4.78 is 0. The van der Waals surface area contributed by atoms with E-state index in [4.69, 9.17) is 11.1 Å². The summed E-state index contributed by atoms with van der Waals surface area (Å²) >= 11 is 6.94. The van der Waals surface area contributed by atoms with E-state index in [0.717, 1.165) is 0 Å². The van der Waals surface area contributed by atoms with E-state index in [1.54, 1.807) is 0 Å². The van der Waals surface area contributed by atoms with Crippen LogP contribution in [0.5, 0.6) is 0 Å². The third-order valence-corrected chi connectivity index (χ3v) is 9.25. The number of rotatable bonds is 12. The van der Waals surface area contributed by atoms with E-state index >= 15 is 0 Å². The molecule has 0 saturated heterocycles. The van der Waals surface area contributed by atoms with Gasteiger partial charge in [0.05, 0.1) is 0 Å². The maximum atomic E-state index is 6.94. The molecule has 0 amide bonds. The van der Waals surface area contributed by atoms with Crippen LogP contribution in [0.2, 0.25) is 18.1 Å². The third kappa shape index (κ3) is 10.1. The lowest BCUT2D eigenvalue weighted by atomic mass is 10.2. The number of halogens is 1. The van der Waals surface area contributed by atoms with Gasteiger partial charge in [0.25, 0.3) is 0 Å². The molecule has 0 aliphatic heterocycles. The van der Waals surface area contributed by atoms with Crippen LogP contribution in [0.4, 0.5) is 0 Å². The average Bonchev–Trinajstić information content (AvgIpc) is 2.31. The molecule has 0 aliphatic rings. The molecule has 0 aromatic heterocycles. The van der Waals surface area contributed by atoms with Crippen LogP contribution < -0.4 is 0 Å². The number of hydrogen-bond acceptors (Lipinski definition) is 0. The Hall–Kier alpha value is 0.507. The number of hydrogen-bond donors (Lipinski definition) is 0. The minimum atomic E-state index is -1.38. The van der Waals surface area contributed by atoms with Gasteiger partial charge in [0.15, 0.2) is 7.38 Å². The quantitative estimate of drug-likeness (QED) is 0.210. The molecule has 17 heavy (non-hydrogen) atoms. The predicted molar refractivity (Wildman–Crippen MR) is 84.6 cm³/mol. The molecule has 0 fully saturated rings.